The first kappa shape index (κ1) is 19.9. The van der Waals surface area contributed by atoms with E-state index >= 15 is 0 Å². The van der Waals surface area contributed by atoms with Crippen LogP contribution in [0.1, 0.15) is 43.6 Å². The number of hydrogen-bond acceptors (Lipinski definition) is 7. The molecule has 2 aromatic rings. The van der Waals surface area contributed by atoms with E-state index in [1.54, 1.807) is 16.9 Å². The fourth-order valence-electron chi connectivity index (χ4n) is 2.28. The number of carbonyl (C=O) groups excluding carboxylic acids is 2. The highest BCUT2D eigenvalue weighted by atomic mass is 16.6. The van der Waals surface area contributed by atoms with Crippen LogP contribution in [0.25, 0.3) is 0 Å². The molecular weight excluding hydrogens is 354 g/mol. The molecule has 10 heteroatoms. The number of nitrogens with two attached hydrogens (primary N) is 1. The molecule has 1 aromatic carbocycles. The van der Waals surface area contributed by atoms with Gasteiger partial charge in [0.2, 0.25) is 0 Å². The number of nitro benzene ring substituents is 1. The van der Waals surface area contributed by atoms with Gasteiger partial charge in [-0.15, -0.1) is 0 Å². The summed E-state index contributed by atoms with van der Waals surface area (Å²) in [5.41, 5.74) is 4.96. The highest BCUT2D eigenvalue weighted by Crippen LogP contribution is 2.23. The number of ether oxygens (including phenoxy) is 1. The highest BCUT2D eigenvalue weighted by Gasteiger charge is 2.23. The van der Waals surface area contributed by atoms with Gasteiger partial charge in [-0.2, -0.15) is 5.10 Å². The lowest BCUT2D eigenvalue weighted by Crippen LogP contribution is -2.31. The summed E-state index contributed by atoms with van der Waals surface area (Å²) in [5.74, 6) is -0.921. The number of aromatic nitrogens is 2. The summed E-state index contributed by atoms with van der Waals surface area (Å²) in [6.45, 7) is 5.36. The van der Waals surface area contributed by atoms with Crippen molar-refractivity contribution in [2.45, 2.75) is 39.3 Å². The van der Waals surface area contributed by atoms with Crippen LogP contribution in [0, 0.1) is 10.1 Å². The number of nitrogen functional groups attached to an aromatic ring is 1. The number of rotatable bonds is 7. The molecular formula is C17H21N5O5. The number of anilines is 2. The summed E-state index contributed by atoms with van der Waals surface area (Å²) in [6, 6.07) is 5.28. The molecule has 144 valence electrons. The van der Waals surface area contributed by atoms with E-state index in [4.69, 9.17) is 10.5 Å². The molecule has 0 unspecified atom stereocenters. The van der Waals surface area contributed by atoms with E-state index in [2.05, 4.69) is 10.4 Å². The van der Waals surface area contributed by atoms with E-state index < -0.39 is 28.6 Å². The maximum atomic E-state index is 12.3. The molecule has 1 aromatic heterocycles. The Morgan fingerprint density at radius 1 is 1.37 bits per heavy atom. The largest absolute Gasteiger partial charge is 0.449 e. The van der Waals surface area contributed by atoms with Gasteiger partial charge in [0.1, 0.15) is 11.5 Å². The second kappa shape index (κ2) is 8.30. The predicted molar refractivity (Wildman–Crippen MR) is 98.2 cm³/mol. The van der Waals surface area contributed by atoms with Crippen molar-refractivity contribution < 1.29 is 19.2 Å². The van der Waals surface area contributed by atoms with Gasteiger partial charge >= 0.3 is 5.97 Å². The molecule has 0 aliphatic heterocycles. The van der Waals surface area contributed by atoms with Crippen molar-refractivity contribution in [3.8, 4) is 0 Å². The molecule has 2 rings (SSSR count). The highest BCUT2D eigenvalue weighted by molar-refractivity contribution is 5.97. The molecule has 1 heterocycles. The minimum Gasteiger partial charge on any atom is -0.449 e. The van der Waals surface area contributed by atoms with E-state index in [1.165, 1.54) is 19.1 Å². The van der Waals surface area contributed by atoms with Gasteiger partial charge in [0, 0.05) is 12.1 Å². The summed E-state index contributed by atoms with van der Waals surface area (Å²) in [5, 5.41) is 17.7. The van der Waals surface area contributed by atoms with E-state index in [0.29, 0.717) is 5.82 Å². The summed E-state index contributed by atoms with van der Waals surface area (Å²) in [6.07, 6.45) is 1.27. The molecule has 27 heavy (non-hydrogen) atoms. The molecule has 0 aliphatic rings. The predicted octanol–water partition coefficient (Wildman–Crippen LogP) is 2.53. The van der Waals surface area contributed by atoms with Crippen LogP contribution < -0.4 is 11.1 Å². The summed E-state index contributed by atoms with van der Waals surface area (Å²) in [7, 11) is 0. The van der Waals surface area contributed by atoms with Crippen molar-refractivity contribution in [3.05, 3.63) is 46.1 Å². The van der Waals surface area contributed by atoms with Gasteiger partial charge < -0.3 is 15.8 Å². The third-order valence-electron chi connectivity index (χ3n) is 4.05. The maximum Gasteiger partial charge on any atom is 0.339 e. The van der Waals surface area contributed by atoms with E-state index in [1.807, 2.05) is 13.8 Å². The number of nitro groups is 1. The van der Waals surface area contributed by atoms with Gasteiger partial charge in [-0.05, 0) is 32.4 Å². The lowest BCUT2D eigenvalue weighted by Gasteiger charge is -2.17. The zero-order chi connectivity index (χ0) is 20.1. The van der Waals surface area contributed by atoms with Gasteiger partial charge in [-0.3, -0.25) is 14.9 Å². The van der Waals surface area contributed by atoms with Crippen LogP contribution in [0.15, 0.2) is 30.5 Å². The normalized spacial score (nSPS) is 12.9. The van der Waals surface area contributed by atoms with Crippen LogP contribution in [0.5, 0.6) is 0 Å². The average Bonchev–Trinajstić information content (AvgIpc) is 3.09. The van der Waals surface area contributed by atoms with Gasteiger partial charge in [-0.1, -0.05) is 6.92 Å². The van der Waals surface area contributed by atoms with Crippen LogP contribution in [0.4, 0.5) is 17.2 Å². The summed E-state index contributed by atoms with van der Waals surface area (Å²) >= 11 is 0. The second-order valence-electron chi connectivity index (χ2n) is 5.99. The zero-order valence-electron chi connectivity index (χ0n) is 15.2. The Hall–Kier alpha value is -3.43. The van der Waals surface area contributed by atoms with E-state index in [-0.39, 0.29) is 17.3 Å². The average molecular weight is 375 g/mol. The van der Waals surface area contributed by atoms with Crippen molar-refractivity contribution in [3.63, 3.8) is 0 Å². The molecule has 10 nitrogen and oxygen atoms in total. The van der Waals surface area contributed by atoms with Crippen molar-refractivity contribution >= 4 is 29.1 Å². The molecule has 0 saturated heterocycles. The Morgan fingerprint density at radius 3 is 2.70 bits per heavy atom. The maximum absolute atomic E-state index is 12.3. The minimum atomic E-state index is -1.12. The molecule has 0 spiro atoms. The minimum absolute atomic E-state index is 0.0688. The molecule has 0 bridgehead atoms. The summed E-state index contributed by atoms with van der Waals surface area (Å²) < 4.78 is 6.77. The molecule has 1 amide bonds. The topological polar surface area (TPSA) is 142 Å². The fourth-order valence-corrected chi connectivity index (χ4v) is 2.28. The third kappa shape index (κ3) is 4.60. The van der Waals surface area contributed by atoms with Crippen LogP contribution in [-0.4, -0.2) is 32.7 Å². The first-order chi connectivity index (χ1) is 12.7. The quantitative estimate of drug-likeness (QED) is 0.327. The van der Waals surface area contributed by atoms with Crippen molar-refractivity contribution in [2.24, 2.45) is 0 Å². The Labute approximate surface area is 155 Å². The second-order valence-corrected chi connectivity index (χ2v) is 5.99. The van der Waals surface area contributed by atoms with Gasteiger partial charge in [0.05, 0.1) is 22.7 Å². The van der Waals surface area contributed by atoms with E-state index in [9.17, 15) is 19.7 Å². The molecule has 0 fully saturated rings. The van der Waals surface area contributed by atoms with Crippen molar-refractivity contribution in [1.29, 1.82) is 0 Å². The SMILES string of the molecule is CC[C@H](C)n1nccc1NC(=O)[C@@H](C)OC(=O)c1ccc(N)c([N+](=O)[O-])c1. The van der Waals surface area contributed by atoms with Gasteiger partial charge in [0.15, 0.2) is 6.10 Å². The Balaban J connectivity index is 2.06. The number of esters is 1. The molecule has 2 atom stereocenters. The Kier molecular flexibility index (Phi) is 6.11. The monoisotopic (exact) mass is 375 g/mol. The van der Waals surface area contributed by atoms with Crippen LogP contribution >= 0.6 is 0 Å². The number of hydrogen-bond donors (Lipinski definition) is 2. The number of nitrogens with one attached hydrogen (secondary N) is 1. The summed E-state index contributed by atoms with van der Waals surface area (Å²) in [4.78, 5) is 34.7. The van der Waals surface area contributed by atoms with Crippen LogP contribution in [0.3, 0.4) is 0 Å². The fraction of sp³-hybridized carbons (Fsp3) is 0.353. The smallest absolute Gasteiger partial charge is 0.339 e. The first-order valence-corrected chi connectivity index (χ1v) is 8.33. The number of carbonyl (C=O) groups is 2. The standard InChI is InChI=1S/C17H21N5O5/c1-4-10(2)21-15(7-8-19-21)20-16(23)11(3)27-17(24)12-5-6-13(18)14(9-12)22(25)26/h5-11H,4,18H2,1-3H3,(H,20,23)/t10-,11+/m0/s1. The number of nitrogens with zero attached hydrogens (tertiary/aromatic N) is 3. The lowest BCUT2D eigenvalue weighted by molar-refractivity contribution is -0.383. The Bertz CT molecular complexity index is 863. The first-order valence-electron chi connectivity index (χ1n) is 8.33. The van der Waals surface area contributed by atoms with Gasteiger partial charge in [0.25, 0.3) is 11.6 Å². The van der Waals surface area contributed by atoms with Crippen molar-refractivity contribution in [1.82, 2.24) is 9.78 Å². The lowest BCUT2D eigenvalue weighted by atomic mass is 10.2. The molecule has 3 N–H and O–H groups in total. The zero-order valence-corrected chi connectivity index (χ0v) is 15.2. The third-order valence-corrected chi connectivity index (χ3v) is 4.05. The Morgan fingerprint density at radius 2 is 2.07 bits per heavy atom. The van der Waals surface area contributed by atoms with Crippen molar-refractivity contribution in [2.75, 3.05) is 11.1 Å². The number of benzene rings is 1. The molecule has 0 radical (unpaired) electrons. The van der Waals surface area contributed by atoms with Crippen LogP contribution in [-0.2, 0) is 9.53 Å². The van der Waals surface area contributed by atoms with Gasteiger partial charge in [-0.25, -0.2) is 9.48 Å². The van der Waals surface area contributed by atoms with E-state index in [0.717, 1.165) is 12.5 Å². The molecule has 0 saturated carbocycles. The van der Waals surface area contributed by atoms with Crippen LogP contribution in [0.2, 0.25) is 0 Å². The molecule has 0 aliphatic carbocycles. The number of amides is 1.